The Labute approximate surface area is 204 Å². The number of rotatable bonds is 5. The zero-order chi connectivity index (χ0) is 22.5. The van der Waals surface area contributed by atoms with Crippen molar-refractivity contribution in [3.05, 3.63) is 64.7 Å². The predicted octanol–water partition coefficient (Wildman–Crippen LogP) is 4.00. The van der Waals surface area contributed by atoms with Crippen LogP contribution in [0.3, 0.4) is 0 Å². The summed E-state index contributed by atoms with van der Waals surface area (Å²) in [6.07, 6.45) is 3.04. The number of urea groups is 1. The van der Waals surface area contributed by atoms with Crippen LogP contribution in [0.1, 0.15) is 47.9 Å². The number of nitrogens with one attached hydrogen (secondary N) is 2. The molecule has 2 aromatic rings. The topological polar surface area (TPSA) is 78.5 Å². The third-order valence-corrected chi connectivity index (χ3v) is 6.19. The third kappa shape index (κ3) is 6.07. The molecule has 1 heterocycles. The van der Waals surface area contributed by atoms with Gasteiger partial charge in [-0.15, -0.1) is 0 Å². The Morgan fingerprint density at radius 1 is 1.06 bits per heavy atom. The number of benzene rings is 2. The Kier molecular flexibility index (Phi) is 9.20. The summed E-state index contributed by atoms with van der Waals surface area (Å²) in [4.78, 5) is 38.5. The van der Waals surface area contributed by atoms with E-state index in [1.54, 1.807) is 0 Å². The van der Waals surface area contributed by atoms with Gasteiger partial charge >= 0.3 is 6.03 Å². The molecule has 2 N–H and O–H groups in total. The van der Waals surface area contributed by atoms with E-state index in [4.69, 9.17) is 0 Å². The first-order chi connectivity index (χ1) is 14.8. The van der Waals surface area contributed by atoms with Crippen molar-refractivity contribution in [2.24, 2.45) is 0 Å². The zero-order valence-electron chi connectivity index (χ0n) is 19.0. The van der Waals surface area contributed by atoms with Crippen molar-refractivity contribution in [2.45, 2.75) is 58.5 Å². The number of nitrogens with zero attached hydrogens (tertiary/aromatic N) is 1. The summed E-state index contributed by atoms with van der Waals surface area (Å²) in [5, 5.41) is 5.67. The van der Waals surface area contributed by atoms with Crippen LogP contribution >= 0.6 is 0 Å². The van der Waals surface area contributed by atoms with E-state index in [0.717, 1.165) is 23.1 Å². The summed E-state index contributed by atoms with van der Waals surface area (Å²) >= 11 is 0. The average Bonchev–Trinajstić information content (AvgIpc) is 2.83. The molecule has 32 heavy (non-hydrogen) atoms. The van der Waals surface area contributed by atoms with Crippen molar-refractivity contribution >= 4 is 23.9 Å². The number of anilines is 1. The van der Waals surface area contributed by atoms with Crippen LogP contribution in [0.4, 0.5) is 10.5 Å². The van der Waals surface area contributed by atoms with Gasteiger partial charge in [-0.05, 0) is 80.8 Å². The molecule has 3 atom stereocenters. The Bertz CT molecular complexity index is 979. The fourth-order valence-electron chi connectivity index (χ4n) is 4.31. The second-order valence-electron chi connectivity index (χ2n) is 8.43. The minimum atomic E-state index is -0.727. The molecule has 7 heteroatoms. The molecule has 0 unspecified atom stereocenters. The first-order valence-corrected chi connectivity index (χ1v) is 10.7. The van der Waals surface area contributed by atoms with E-state index in [0.29, 0.717) is 12.1 Å². The van der Waals surface area contributed by atoms with Crippen LogP contribution in [-0.2, 0) is 30.7 Å². The van der Waals surface area contributed by atoms with Crippen molar-refractivity contribution in [1.29, 1.82) is 0 Å². The monoisotopic (exact) mass is 604 g/mol. The molecule has 0 aliphatic carbocycles. The Hall–Kier alpha value is -2.46. The first kappa shape index (κ1) is 25.8. The molecule has 6 nitrogen and oxygen atoms in total. The molecule has 0 saturated carbocycles. The Morgan fingerprint density at radius 2 is 1.78 bits per heavy atom. The number of carbonyl (C=O) groups excluding carboxylic acids is 3. The summed E-state index contributed by atoms with van der Waals surface area (Å²) in [5.41, 5.74) is 5.20. The van der Waals surface area contributed by atoms with Crippen molar-refractivity contribution in [3.63, 3.8) is 0 Å². The van der Waals surface area contributed by atoms with Gasteiger partial charge in [-0.2, -0.15) is 0 Å². The molecule has 0 aromatic heterocycles. The maximum absolute atomic E-state index is 13.2. The third-order valence-electron chi connectivity index (χ3n) is 6.19. The number of carbonyl (C=O) groups is 2. The van der Waals surface area contributed by atoms with Gasteiger partial charge in [-0.1, -0.05) is 36.9 Å². The van der Waals surface area contributed by atoms with Crippen LogP contribution in [0.5, 0.6) is 0 Å². The van der Waals surface area contributed by atoms with Crippen LogP contribution in [0.25, 0.3) is 0 Å². The van der Waals surface area contributed by atoms with Gasteiger partial charge < -0.3 is 20.3 Å². The summed E-state index contributed by atoms with van der Waals surface area (Å²) in [6.45, 7) is 7.89. The number of amides is 3. The summed E-state index contributed by atoms with van der Waals surface area (Å²) in [7, 11) is 0. The molecule has 3 amide bonds. The van der Waals surface area contributed by atoms with Crippen LogP contribution in [0.15, 0.2) is 42.5 Å². The van der Waals surface area contributed by atoms with E-state index in [2.05, 4.69) is 29.7 Å². The SMILES string of the molecule is Cc1ccc(NC(=O)N[C@@H]2C[C@H](c3ccccc3C)C[C@H](C)N(C[C-]=O)C2=O)cc1C.[W]. The van der Waals surface area contributed by atoms with Crippen LogP contribution in [0, 0.1) is 20.8 Å². The van der Waals surface area contributed by atoms with E-state index in [9.17, 15) is 14.4 Å². The van der Waals surface area contributed by atoms with Gasteiger partial charge in [0.1, 0.15) is 6.04 Å². The summed E-state index contributed by atoms with van der Waals surface area (Å²) < 4.78 is 0. The number of aryl methyl sites for hydroxylation is 3. The molecule has 170 valence electrons. The van der Waals surface area contributed by atoms with Gasteiger partial charge in [-0.25, -0.2) is 11.1 Å². The van der Waals surface area contributed by atoms with Gasteiger partial charge in [0.2, 0.25) is 5.91 Å². The number of likely N-dealkylation sites (tertiary alicyclic amines) is 1. The molecule has 0 radical (unpaired) electrons. The minimum Gasteiger partial charge on any atom is -0.540 e. The fraction of sp³-hybridized carbons (Fsp3) is 0.400. The molecule has 1 fully saturated rings. The first-order valence-electron chi connectivity index (χ1n) is 10.7. The fourth-order valence-corrected chi connectivity index (χ4v) is 4.31. The zero-order valence-corrected chi connectivity index (χ0v) is 21.9. The summed E-state index contributed by atoms with van der Waals surface area (Å²) in [6, 6.07) is 12.5. The van der Waals surface area contributed by atoms with Gasteiger partial charge in [-0.3, -0.25) is 4.79 Å². The smallest absolute Gasteiger partial charge is 0.319 e. The van der Waals surface area contributed by atoms with Crippen LogP contribution < -0.4 is 10.6 Å². The van der Waals surface area contributed by atoms with Crippen LogP contribution in [-0.4, -0.2) is 41.8 Å². The molecule has 1 aliphatic rings. The molecular weight excluding hydrogens is 574 g/mol. The normalized spacial score (nSPS) is 20.7. The minimum absolute atomic E-state index is 0. The van der Waals surface area contributed by atoms with Gasteiger partial charge in [0.25, 0.3) is 0 Å². The van der Waals surface area contributed by atoms with Crippen molar-refractivity contribution < 1.29 is 35.4 Å². The van der Waals surface area contributed by atoms with Crippen molar-refractivity contribution in [3.8, 4) is 0 Å². The second kappa shape index (κ2) is 11.4. The van der Waals surface area contributed by atoms with E-state index < -0.39 is 12.1 Å². The van der Waals surface area contributed by atoms with Gasteiger partial charge in [0.15, 0.2) is 0 Å². The maximum atomic E-state index is 13.2. The van der Waals surface area contributed by atoms with Crippen LogP contribution in [0.2, 0.25) is 0 Å². The maximum Gasteiger partial charge on any atom is 0.319 e. The molecule has 0 spiro atoms. The van der Waals surface area contributed by atoms with Gasteiger partial charge in [0.05, 0.1) is 0 Å². The molecule has 0 bridgehead atoms. The van der Waals surface area contributed by atoms with Crippen molar-refractivity contribution in [1.82, 2.24) is 10.2 Å². The molecule has 2 aromatic carbocycles. The van der Waals surface area contributed by atoms with E-state index in [1.807, 2.05) is 57.4 Å². The average molecular weight is 604 g/mol. The molecule has 3 rings (SSSR count). The Balaban J connectivity index is 0.00000363. The van der Waals surface area contributed by atoms with E-state index in [1.165, 1.54) is 10.5 Å². The molecular formula is C25H30N3O3W-. The second-order valence-corrected chi connectivity index (χ2v) is 8.43. The Morgan fingerprint density at radius 3 is 2.44 bits per heavy atom. The van der Waals surface area contributed by atoms with E-state index >= 15 is 0 Å². The van der Waals surface area contributed by atoms with Crippen molar-refractivity contribution in [2.75, 3.05) is 11.9 Å². The largest absolute Gasteiger partial charge is 0.540 e. The molecule has 1 saturated heterocycles. The quantitative estimate of drug-likeness (QED) is 0.507. The van der Waals surface area contributed by atoms with Gasteiger partial charge in [0, 0.05) is 32.8 Å². The summed E-state index contributed by atoms with van der Waals surface area (Å²) in [5.74, 6) is -0.161. The number of hydrogen-bond acceptors (Lipinski definition) is 3. The molecule has 1 aliphatic heterocycles. The number of hydrogen-bond donors (Lipinski definition) is 2. The predicted molar refractivity (Wildman–Crippen MR) is 122 cm³/mol. The standard InChI is InChI=1S/C25H30N3O3.W/c1-16-9-10-21(13-18(16)3)26-25(31)27-23-15-20(22-8-6-5-7-17(22)2)14-19(4)28(11-12-29)24(23)30;/h5-10,13,19-20,23H,11,14-15H2,1-4H3,(H2,26,27,31);/q-1;/t19-,20+,23+;/m0./s1. The van der Waals surface area contributed by atoms with E-state index in [-0.39, 0.29) is 45.5 Å².